The van der Waals surface area contributed by atoms with Crippen molar-refractivity contribution in [2.24, 2.45) is 0 Å². The molecule has 0 aliphatic carbocycles. The molecule has 4 nitrogen and oxygen atoms in total. The molecule has 0 rings (SSSR count). The third kappa shape index (κ3) is 12.9. The van der Waals surface area contributed by atoms with E-state index in [9.17, 15) is 14.7 Å². The minimum atomic E-state index is -1.09. The van der Waals surface area contributed by atoms with Gasteiger partial charge in [0.05, 0.1) is 6.42 Å². The molecule has 0 aromatic rings. The van der Waals surface area contributed by atoms with Crippen LogP contribution in [0.2, 0.25) is 0 Å². The molecule has 64 valence electrons. The van der Waals surface area contributed by atoms with Gasteiger partial charge < -0.3 is 15.0 Å². The van der Waals surface area contributed by atoms with Crippen molar-refractivity contribution in [1.29, 1.82) is 0 Å². The summed E-state index contributed by atoms with van der Waals surface area (Å²) in [5.41, 5.74) is 0. The second-order valence-corrected chi connectivity index (χ2v) is 3.10. The summed E-state index contributed by atoms with van der Waals surface area (Å²) in [5, 5.41) is 18.0. The van der Waals surface area contributed by atoms with E-state index in [0.717, 1.165) is 0 Å². The summed E-state index contributed by atoms with van der Waals surface area (Å²) < 4.78 is 0. The van der Waals surface area contributed by atoms with Gasteiger partial charge in [0, 0.05) is 11.7 Å². The largest absolute Gasteiger partial charge is 1.00 e. The Kier molecular flexibility index (Phi) is 11.6. The molecule has 0 fully saturated rings. The molecule has 0 bridgehead atoms. The molecule has 6 heteroatoms. The molecule has 0 heterocycles. The monoisotopic (exact) mass is 200 g/mol. The van der Waals surface area contributed by atoms with E-state index in [2.05, 4.69) is 0 Å². The Morgan fingerprint density at radius 2 is 1.75 bits per heavy atom. The quantitative estimate of drug-likeness (QED) is 0.353. The van der Waals surface area contributed by atoms with E-state index in [-0.39, 0.29) is 42.4 Å². The van der Waals surface area contributed by atoms with E-state index >= 15 is 0 Å². The minimum absolute atomic E-state index is 0. The van der Waals surface area contributed by atoms with Gasteiger partial charge in [0.2, 0.25) is 0 Å². The van der Waals surface area contributed by atoms with Crippen LogP contribution in [-0.4, -0.2) is 28.6 Å². The first-order valence-corrected chi connectivity index (χ1v) is 4.28. The zero-order chi connectivity index (χ0) is 8.69. The Labute approximate surface area is 97.0 Å². The topological polar surface area (TPSA) is 77.4 Å². The van der Waals surface area contributed by atoms with Gasteiger partial charge in [0.25, 0.3) is 0 Å². The predicted molar refractivity (Wildman–Crippen MR) is 39.2 cm³/mol. The number of carbonyl (C=O) groups excluding carboxylic acids is 1. The van der Waals surface area contributed by atoms with E-state index in [4.69, 9.17) is 5.11 Å². The summed E-state index contributed by atoms with van der Waals surface area (Å²) in [4.78, 5) is 19.8. The van der Waals surface area contributed by atoms with Crippen LogP contribution in [0.4, 0.5) is 0 Å². The first-order valence-electron chi connectivity index (χ1n) is 3.12. The Morgan fingerprint density at radius 1 is 1.25 bits per heavy atom. The molecule has 0 aromatic heterocycles. The molecule has 0 aliphatic heterocycles. The number of carbonyl (C=O) groups is 2. The van der Waals surface area contributed by atoms with Crippen molar-refractivity contribution in [2.45, 2.75) is 12.8 Å². The fourth-order valence-corrected chi connectivity index (χ4v) is 1.25. The van der Waals surface area contributed by atoms with Gasteiger partial charge in [0.15, 0.2) is 0 Å². The van der Waals surface area contributed by atoms with Gasteiger partial charge in [-0.25, -0.2) is 0 Å². The smallest absolute Gasteiger partial charge is 0.550 e. The fourth-order valence-electron chi connectivity index (χ4n) is 0.417. The van der Waals surface area contributed by atoms with Gasteiger partial charge in [-0.2, -0.15) is 11.8 Å². The Balaban J connectivity index is 0. The zero-order valence-corrected chi connectivity index (χ0v) is 9.73. The summed E-state index contributed by atoms with van der Waals surface area (Å²) in [5.74, 6) is -1.06. The first kappa shape index (κ1) is 14.8. The van der Waals surface area contributed by atoms with Crippen LogP contribution < -0.4 is 34.7 Å². The molecule has 12 heavy (non-hydrogen) atoms. The molecular formula is C6H9NaO4S. The van der Waals surface area contributed by atoms with Gasteiger partial charge in [-0.05, 0) is 12.2 Å². The van der Waals surface area contributed by atoms with E-state index in [1.54, 1.807) is 0 Å². The molecule has 0 aliphatic rings. The van der Waals surface area contributed by atoms with Gasteiger partial charge in [0.1, 0.15) is 0 Å². The number of carboxylic acids is 2. The van der Waals surface area contributed by atoms with Gasteiger partial charge in [-0.3, -0.25) is 4.79 Å². The number of carboxylic acid groups (broad SMARTS) is 2. The van der Waals surface area contributed by atoms with Crippen molar-refractivity contribution in [3.05, 3.63) is 0 Å². The van der Waals surface area contributed by atoms with Crippen molar-refractivity contribution in [3.63, 3.8) is 0 Å². The molecule has 0 amide bonds. The SMILES string of the molecule is O=C([O-])CCSCCC(=O)O.[Na+]. The van der Waals surface area contributed by atoms with E-state index in [1.165, 1.54) is 11.8 Å². The molecule has 0 spiro atoms. The summed E-state index contributed by atoms with van der Waals surface area (Å²) in [6, 6.07) is 0. The fraction of sp³-hybridized carbons (Fsp3) is 0.667. The third-order valence-corrected chi connectivity index (χ3v) is 1.90. The summed E-state index contributed by atoms with van der Waals surface area (Å²) in [7, 11) is 0. The van der Waals surface area contributed by atoms with Crippen molar-refractivity contribution < 1.29 is 49.4 Å². The maximum absolute atomic E-state index is 9.95. The van der Waals surface area contributed by atoms with Crippen LogP contribution in [0.25, 0.3) is 0 Å². The van der Waals surface area contributed by atoms with E-state index < -0.39 is 11.9 Å². The van der Waals surface area contributed by atoms with Gasteiger partial charge in [-0.15, -0.1) is 0 Å². The molecule has 0 unspecified atom stereocenters. The number of hydrogen-bond acceptors (Lipinski definition) is 4. The predicted octanol–water partition coefficient (Wildman–Crippen LogP) is -3.66. The molecule has 0 radical (unpaired) electrons. The Morgan fingerprint density at radius 3 is 2.17 bits per heavy atom. The Hall–Kier alpha value is 0.290. The normalized spacial score (nSPS) is 8.67. The molecule has 0 saturated heterocycles. The van der Waals surface area contributed by atoms with E-state index in [1.807, 2.05) is 0 Å². The van der Waals surface area contributed by atoms with Crippen LogP contribution in [0.15, 0.2) is 0 Å². The van der Waals surface area contributed by atoms with Gasteiger partial charge >= 0.3 is 35.5 Å². The molecule has 0 aromatic carbocycles. The summed E-state index contributed by atoms with van der Waals surface area (Å²) in [6.07, 6.45) is 0.0714. The number of rotatable bonds is 6. The molecule has 0 atom stereocenters. The molecular weight excluding hydrogens is 191 g/mol. The number of aliphatic carboxylic acids is 2. The van der Waals surface area contributed by atoms with Crippen LogP contribution in [0.5, 0.6) is 0 Å². The average Bonchev–Trinajstić information content (AvgIpc) is 1.85. The minimum Gasteiger partial charge on any atom is -0.550 e. The number of thioether (sulfide) groups is 1. The van der Waals surface area contributed by atoms with Crippen molar-refractivity contribution in [3.8, 4) is 0 Å². The summed E-state index contributed by atoms with van der Waals surface area (Å²) in [6.45, 7) is 0. The third-order valence-electron chi connectivity index (χ3n) is 0.911. The van der Waals surface area contributed by atoms with Crippen molar-refractivity contribution >= 4 is 23.7 Å². The molecule has 1 N–H and O–H groups in total. The van der Waals surface area contributed by atoms with Crippen LogP contribution >= 0.6 is 11.8 Å². The van der Waals surface area contributed by atoms with Crippen LogP contribution in [0.1, 0.15) is 12.8 Å². The maximum atomic E-state index is 9.95. The summed E-state index contributed by atoms with van der Waals surface area (Å²) >= 11 is 1.31. The second kappa shape index (κ2) is 9.38. The maximum Gasteiger partial charge on any atom is 1.00 e. The zero-order valence-electron chi connectivity index (χ0n) is 6.91. The van der Waals surface area contributed by atoms with E-state index in [0.29, 0.717) is 11.5 Å². The van der Waals surface area contributed by atoms with Crippen LogP contribution in [0, 0.1) is 0 Å². The standard InChI is InChI=1S/C6H10O4S.Na/c7-5(8)1-3-11-4-2-6(9)10;/h1-4H2,(H,7,8)(H,9,10);/q;+1/p-1. The number of hydrogen-bond donors (Lipinski definition) is 1. The first-order chi connectivity index (χ1) is 5.13. The molecule has 0 saturated carbocycles. The second-order valence-electron chi connectivity index (χ2n) is 1.88. The van der Waals surface area contributed by atoms with Crippen LogP contribution in [0.3, 0.4) is 0 Å². The average molecular weight is 200 g/mol. The Bertz CT molecular complexity index is 134. The van der Waals surface area contributed by atoms with Crippen LogP contribution in [-0.2, 0) is 9.59 Å². The van der Waals surface area contributed by atoms with Gasteiger partial charge in [-0.1, -0.05) is 0 Å². The van der Waals surface area contributed by atoms with Crippen molar-refractivity contribution in [2.75, 3.05) is 11.5 Å². The van der Waals surface area contributed by atoms with Crippen molar-refractivity contribution in [1.82, 2.24) is 0 Å².